The molecular formula is C16H25NO3. The molecule has 112 valence electrons. The van der Waals surface area contributed by atoms with Crippen LogP contribution in [-0.4, -0.2) is 42.9 Å². The smallest absolute Gasteiger partial charge is 0.123 e. The van der Waals surface area contributed by atoms with E-state index in [9.17, 15) is 5.11 Å². The van der Waals surface area contributed by atoms with Crippen LogP contribution < -0.4 is 4.74 Å². The predicted molar refractivity (Wildman–Crippen MR) is 79.2 cm³/mol. The number of hydrogen-bond acceptors (Lipinski definition) is 4. The summed E-state index contributed by atoms with van der Waals surface area (Å²) in [5, 5.41) is 10.1. The Labute approximate surface area is 121 Å². The van der Waals surface area contributed by atoms with Gasteiger partial charge in [0.25, 0.3) is 0 Å². The zero-order valence-corrected chi connectivity index (χ0v) is 12.5. The summed E-state index contributed by atoms with van der Waals surface area (Å²) in [5.41, 5.74) is 0.947. The first-order chi connectivity index (χ1) is 9.70. The molecule has 4 nitrogen and oxygen atoms in total. The van der Waals surface area contributed by atoms with Gasteiger partial charge in [0.1, 0.15) is 11.5 Å². The Morgan fingerprint density at radius 2 is 2.10 bits per heavy atom. The lowest BCUT2D eigenvalue weighted by Gasteiger charge is -2.31. The van der Waals surface area contributed by atoms with E-state index < -0.39 is 0 Å². The molecule has 1 saturated heterocycles. The molecule has 0 amide bonds. The van der Waals surface area contributed by atoms with Gasteiger partial charge in [0.15, 0.2) is 0 Å². The third-order valence-corrected chi connectivity index (χ3v) is 3.76. The molecule has 2 rings (SSSR count). The van der Waals surface area contributed by atoms with Crippen LogP contribution in [0.1, 0.15) is 31.7 Å². The van der Waals surface area contributed by atoms with Gasteiger partial charge >= 0.3 is 0 Å². The van der Waals surface area contributed by atoms with Crippen molar-refractivity contribution in [3.63, 3.8) is 0 Å². The van der Waals surface area contributed by atoms with Crippen molar-refractivity contribution in [2.45, 2.75) is 38.8 Å². The van der Waals surface area contributed by atoms with Gasteiger partial charge in [-0.3, -0.25) is 4.90 Å². The molecule has 0 radical (unpaired) electrons. The van der Waals surface area contributed by atoms with E-state index in [1.807, 2.05) is 12.1 Å². The SMILES string of the molecule is CCCOc1ccc(CN(C)C2CCOCC2)c(O)c1. The highest BCUT2D eigenvalue weighted by Gasteiger charge is 2.19. The molecule has 0 aromatic heterocycles. The second-order valence-electron chi connectivity index (χ2n) is 5.40. The van der Waals surface area contributed by atoms with E-state index in [1.165, 1.54) is 0 Å². The molecule has 0 unspecified atom stereocenters. The Balaban J connectivity index is 1.94. The van der Waals surface area contributed by atoms with Crippen LogP contribution in [0.4, 0.5) is 0 Å². The first-order valence-electron chi connectivity index (χ1n) is 7.43. The van der Waals surface area contributed by atoms with Gasteiger partial charge < -0.3 is 14.6 Å². The summed E-state index contributed by atoms with van der Waals surface area (Å²) in [7, 11) is 2.11. The maximum Gasteiger partial charge on any atom is 0.123 e. The quantitative estimate of drug-likeness (QED) is 0.869. The topological polar surface area (TPSA) is 41.9 Å². The Bertz CT molecular complexity index is 416. The van der Waals surface area contributed by atoms with E-state index in [0.717, 1.165) is 50.3 Å². The van der Waals surface area contributed by atoms with E-state index in [-0.39, 0.29) is 0 Å². The molecule has 1 heterocycles. The van der Waals surface area contributed by atoms with Gasteiger partial charge in [-0.05, 0) is 32.4 Å². The lowest BCUT2D eigenvalue weighted by Crippen LogP contribution is -2.36. The summed E-state index contributed by atoms with van der Waals surface area (Å²) in [4.78, 5) is 2.30. The minimum absolute atomic E-state index is 0.317. The summed E-state index contributed by atoms with van der Waals surface area (Å²) < 4.78 is 10.9. The highest BCUT2D eigenvalue weighted by molar-refractivity contribution is 5.39. The molecule has 1 aromatic rings. The molecular weight excluding hydrogens is 254 g/mol. The highest BCUT2D eigenvalue weighted by Crippen LogP contribution is 2.26. The Morgan fingerprint density at radius 3 is 2.75 bits per heavy atom. The van der Waals surface area contributed by atoms with Crippen LogP contribution in [0.2, 0.25) is 0 Å². The minimum Gasteiger partial charge on any atom is -0.507 e. The van der Waals surface area contributed by atoms with Crippen molar-refractivity contribution in [2.24, 2.45) is 0 Å². The number of aromatic hydroxyl groups is 1. The lowest BCUT2D eigenvalue weighted by molar-refractivity contribution is 0.0405. The van der Waals surface area contributed by atoms with E-state index in [0.29, 0.717) is 18.4 Å². The van der Waals surface area contributed by atoms with Crippen LogP contribution in [0.5, 0.6) is 11.5 Å². The first kappa shape index (κ1) is 15.1. The Hall–Kier alpha value is -1.26. The largest absolute Gasteiger partial charge is 0.507 e. The fraction of sp³-hybridized carbons (Fsp3) is 0.625. The summed E-state index contributed by atoms with van der Waals surface area (Å²) >= 11 is 0. The third-order valence-electron chi connectivity index (χ3n) is 3.76. The summed E-state index contributed by atoms with van der Waals surface area (Å²) in [6, 6.07) is 6.14. The van der Waals surface area contributed by atoms with Gasteiger partial charge in [-0.2, -0.15) is 0 Å². The van der Waals surface area contributed by atoms with Gasteiger partial charge in [0.2, 0.25) is 0 Å². The number of rotatable bonds is 6. The maximum atomic E-state index is 10.1. The molecule has 1 aromatic carbocycles. The van der Waals surface area contributed by atoms with Crippen molar-refractivity contribution in [3.05, 3.63) is 23.8 Å². The number of nitrogens with zero attached hydrogens (tertiary/aromatic N) is 1. The average molecular weight is 279 g/mol. The molecule has 1 aliphatic rings. The zero-order chi connectivity index (χ0) is 14.4. The molecule has 0 bridgehead atoms. The molecule has 20 heavy (non-hydrogen) atoms. The Morgan fingerprint density at radius 1 is 1.35 bits per heavy atom. The van der Waals surface area contributed by atoms with Crippen molar-refractivity contribution >= 4 is 0 Å². The lowest BCUT2D eigenvalue weighted by atomic mass is 10.1. The number of hydrogen-bond donors (Lipinski definition) is 1. The van der Waals surface area contributed by atoms with Gasteiger partial charge in [-0.25, -0.2) is 0 Å². The molecule has 0 aliphatic carbocycles. The normalized spacial score (nSPS) is 16.6. The third kappa shape index (κ3) is 4.12. The minimum atomic E-state index is 0.317. The molecule has 1 fully saturated rings. The summed E-state index contributed by atoms with van der Waals surface area (Å²) in [6.45, 7) is 5.18. The predicted octanol–water partition coefficient (Wildman–Crippen LogP) is 2.79. The second-order valence-corrected chi connectivity index (χ2v) is 5.40. The maximum absolute atomic E-state index is 10.1. The molecule has 0 spiro atoms. The van der Waals surface area contributed by atoms with Crippen LogP contribution in [0, 0.1) is 0 Å². The monoisotopic (exact) mass is 279 g/mol. The van der Waals surface area contributed by atoms with Crippen molar-refractivity contribution in [1.29, 1.82) is 0 Å². The van der Waals surface area contributed by atoms with Gasteiger partial charge in [-0.1, -0.05) is 13.0 Å². The number of phenols is 1. The fourth-order valence-electron chi connectivity index (χ4n) is 2.51. The van der Waals surface area contributed by atoms with Gasteiger partial charge in [0, 0.05) is 37.4 Å². The van der Waals surface area contributed by atoms with Crippen molar-refractivity contribution < 1.29 is 14.6 Å². The van der Waals surface area contributed by atoms with Gasteiger partial charge in [0.05, 0.1) is 6.61 Å². The van der Waals surface area contributed by atoms with E-state index in [4.69, 9.17) is 9.47 Å². The average Bonchev–Trinajstić information content (AvgIpc) is 2.48. The molecule has 1 aliphatic heterocycles. The zero-order valence-electron chi connectivity index (χ0n) is 12.5. The van der Waals surface area contributed by atoms with E-state index >= 15 is 0 Å². The second kappa shape index (κ2) is 7.50. The molecule has 1 N–H and O–H groups in total. The van der Waals surface area contributed by atoms with E-state index in [2.05, 4.69) is 18.9 Å². The van der Waals surface area contributed by atoms with Crippen LogP contribution in [-0.2, 0) is 11.3 Å². The number of phenolic OH excluding ortho intramolecular Hbond substituents is 1. The van der Waals surface area contributed by atoms with Crippen LogP contribution >= 0.6 is 0 Å². The first-order valence-corrected chi connectivity index (χ1v) is 7.43. The van der Waals surface area contributed by atoms with Crippen LogP contribution in [0.3, 0.4) is 0 Å². The van der Waals surface area contributed by atoms with Gasteiger partial charge in [-0.15, -0.1) is 0 Å². The molecule has 4 heteroatoms. The number of ether oxygens (including phenoxy) is 2. The summed E-state index contributed by atoms with van der Waals surface area (Å²) in [5.74, 6) is 1.05. The number of benzene rings is 1. The fourth-order valence-corrected chi connectivity index (χ4v) is 2.51. The van der Waals surface area contributed by atoms with Crippen molar-refractivity contribution in [1.82, 2.24) is 4.90 Å². The summed E-state index contributed by atoms with van der Waals surface area (Å²) in [6.07, 6.45) is 3.10. The van der Waals surface area contributed by atoms with Crippen molar-refractivity contribution in [2.75, 3.05) is 26.9 Å². The molecule has 0 saturated carbocycles. The highest BCUT2D eigenvalue weighted by atomic mass is 16.5. The van der Waals surface area contributed by atoms with E-state index in [1.54, 1.807) is 6.07 Å². The standard InChI is InChI=1S/C16H25NO3/c1-3-8-20-15-5-4-13(16(18)11-15)12-17(2)14-6-9-19-10-7-14/h4-5,11,14,18H,3,6-10,12H2,1-2H3. The van der Waals surface area contributed by atoms with Crippen LogP contribution in [0.15, 0.2) is 18.2 Å². The van der Waals surface area contributed by atoms with Crippen molar-refractivity contribution in [3.8, 4) is 11.5 Å². The molecule has 0 atom stereocenters. The Kier molecular flexibility index (Phi) is 5.68. The van der Waals surface area contributed by atoms with Crippen LogP contribution in [0.25, 0.3) is 0 Å².